The molecule has 0 aliphatic carbocycles. The van der Waals surface area contributed by atoms with Crippen molar-refractivity contribution in [1.29, 1.82) is 0 Å². The second kappa shape index (κ2) is 7.41. The van der Waals surface area contributed by atoms with Gasteiger partial charge in [0.25, 0.3) is 5.91 Å². The van der Waals surface area contributed by atoms with Crippen LogP contribution in [0.2, 0.25) is 0 Å². The third-order valence-electron chi connectivity index (χ3n) is 3.46. The Labute approximate surface area is 142 Å². The summed E-state index contributed by atoms with van der Waals surface area (Å²) in [7, 11) is 1.30. The highest BCUT2D eigenvalue weighted by atomic mass is 32.1. The smallest absolute Gasteiger partial charge is 0.350 e. The third-order valence-corrected chi connectivity index (χ3v) is 4.35. The maximum atomic E-state index is 12.3. The number of aromatic nitrogens is 1. The van der Waals surface area contributed by atoms with Crippen molar-refractivity contribution in [3.8, 4) is 5.88 Å². The predicted molar refractivity (Wildman–Crippen MR) is 87.7 cm³/mol. The maximum Gasteiger partial charge on any atom is 0.350 e. The monoisotopic (exact) mass is 348 g/mol. The molecule has 2 aromatic rings. The largest absolute Gasteiger partial charge is 0.472 e. The molecule has 1 aliphatic heterocycles. The molecule has 1 atom stereocenters. The lowest BCUT2D eigenvalue weighted by molar-refractivity contribution is 0.0607. The molecule has 0 radical (unpaired) electrons. The molecule has 3 heterocycles. The summed E-state index contributed by atoms with van der Waals surface area (Å²) in [6.45, 7) is 1.24. The fraction of sp³-hybridized carbons (Fsp3) is 0.312. The van der Waals surface area contributed by atoms with Crippen LogP contribution >= 0.6 is 11.3 Å². The average Bonchev–Trinajstić information content (AvgIpc) is 3.26. The number of rotatable bonds is 5. The lowest BCUT2D eigenvalue weighted by Crippen LogP contribution is -2.17. The molecule has 1 saturated heterocycles. The van der Waals surface area contributed by atoms with Crippen LogP contribution in [0.3, 0.4) is 0 Å². The number of esters is 1. The van der Waals surface area contributed by atoms with Crippen LogP contribution in [-0.2, 0) is 9.47 Å². The Balaban J connectivity index is 1.65. The second-order valence-corrected chi connectivity index (χ2v) is 6.01. The van der Waals surface area contributed by atoms with E-state index < -0.39 is 5.97 Å². The maximum absolute atomic E-state index is 12.3. The Bertz CT molecular complexity index is 722. The molecule has 1 fully saturated rings. The Hall–Kier alpha value is -2.45. The first-order valence-corrected chi connectivity index (χ1v) is 8.23. The van der Waals surface area contributed by atoms with E-state index >= 15 is 0 Å². The number of thiophene rings is 1. The molecule has 1 aliphatic rings. The molecule has 1 amide bonds. The summed E-state index contributed by atoms with van der Waals surface area (Å²) in [5, 5.41) is 4.39. The quantitative estimate of drug-likeness (QED) is 0.835. The van der Waals surface area contributed by atoms with Gasteiger partial charge in [0.2, 0.25) is 5.88 Å². The van der Waals surface area contributed by atoms with E-state index in [0.29, 0.717) is 35.2 Å². The molecule has 0 bridgehead atoms. The van der Waals surface area contributed by atoms with E-state index in [-0.39, 0.29) is 12.0 Å². The van der Waals surface area contributed by atoms with Gasteiger partial charge in [0.1, 0.15) is 11.0 Å². The van der Waals surface area contributed by atoms with Crippen molar-refractivity contribution < 1.29 is 23.8 Å². The van der Waals surface area contributed by atoms with Crippen LogP contribution in [0, 0.1) is 0 Å². The van der Waals surface area contributed by atoms with Gasteiger partial charge in [-0.2, -0.15) is 0 Å². The number of methoxy groups -OCH3 is 1. The molecule has 0 unspecified atom stereocenters. The summed E-state index contributed by atoms with van der Waals surface area (Å²) in [4.78, 5) is 28.4. The number of nitrogens with one attached hydrogen (secondary N) is 1. The molecule has 3 rings (SSSR count). The summed E-state index contributed by atoms with van der Waals surface area (Å²) < 4.78 is 15.6. The average molecular weight is 348 g/mol. The minimum atomic E-state index is -0.485. The number of nitrogens with zero attached hydrogens (tertiary/aromatic N) is 1. The van der Waals surface area contributed by atoms with Crippen LogP contribution in [0.5, 0.6) is 5.88 Å². The van der Waals surface area contributed by atoms with Gasteiger partial charge in [-0.3, -0.25) is 4.79 Å². The number of amides is 1. The highest BCUT2D eigenvalue weighted by Gasteiger charge is 2.19. The summed E-state index contributed by atoms with van der Waals surface area (Å²) in [5.74, 6) is -0.393. The van der Waals surface area contributed by atoms with Crippen molar-refractivity contribution >= 4 is 28.9 Å². The molecule has 126 valence electrons. The topological polar surface area (TPSA) is 86.8 Å². The molecule has 2 aromatic heterocycles. The van der Waals surface area contributed by atoms with Crippen molar-refractivity contribution in [3.05, 3.63) is 40.2 Å². The van der Waals surface area contributed by atoms with Crippen LogP contribution < -0.4 is 10.1 Å². The van der Waals surface area contributed by atoms with Crippen molar-refractivity contribution in [2.75, 3.05) is 25.6 Å². The fourth-order valence-corrected chi connectivity index (χ4v) is 2.98. The molecular weight excluding hydrogens is 332 g/mol. The lowest BCUT2D eigenvalue weighted by atomic mass is 10.2. The molecule has 7 nitrogen and oxygen atoms in total. The summed E-state index contributed by atoms with van der Waals surface area (Å²) >= 11 is 1.20. The van der Waals surface area contributed by atoms with E-state index in [1.807, 2.05) is 0 Å². The van der Waals surface area contributed by atoms with E-state index in [1.165, 1.54) is 24.6 Å². The number of carbonyl (C=O) groups is 2. The molecule has 1 N–H and O–H groups in total. The Morgan fingerprint density at radius 1 is 1.38 bits per heavy atom. The minimum Gasteiger partial charge on any atom is -0.472 e. The normalized spacial score (nSPS) is 16.6. The van der Waals surface area contributed by atoms with Crippen LogP contribution in [0.4, 0.5) is 5.69 Å². The van der Waals surface area contributed by atoms with Gasteiger partial charge in [-0.15, -0.1) is 11.3 Å². The van der Waals surface area contributed by atoms with E-state index in [0.717, 1.165) is 6.42 Å². The van der Waals surface area contributed by atoms with Gasteiger partial charge in [0, 0.05) is 18.7 Å². The molecule has 8 heteroatoms. The Kier molecular flexibility index (Phi) is 5.07. The van der Waals surface area contributed by atoms with Gasteiger partial charge >= 0.3 is 5.97 Å². The van der Waals surface area contributed by atoms with Crippen LogP contribution in [0.25, 0.3) is 0 Å². The second-order valence-electron chi connectivity index (χ2n) is 5.10. The zero-order valence-electron chi connectivity index (χ0n) is 13.0. The number of anilines is 1. The minimum absolute atomic E-state index is 0.00518. The van der Waals surface area contributed by atoms with Crippen LogP contribution in [0.15, 0.2) is 29.8 Å². The van der Waals surface area contributed by atoms with Gasteiger partial charge in [-0.05, 0) is 17.5 Å². The highest BCUT2D eigenvalue weighted by Crippen LogP contribution is 2.24. The number of hydrogen-bond donors (Lipinski definition) is 1. The lowest BCUT2D eigenvalue weighted by Gasteiger charge is -2.11. The zero-order valence-corrected chi connectivity index (χ0v) is 13.8. The van der Waals surface area contributed by atoms with Crippen molar-refractivity contribution in [2.45, 2.75) is 12.5 Å². The molecular formula is C16H16N2O5S. The van der Waals surface area contributed by atoms with E-state index in [9.17, 15) is 9.59 Å². The van der Waals surface area contributed by atoms with Crippen molar-refractivity contribution in [1.82, 2.24) is 4.98 Å². The SMILES string of the molecule is COC(=O)c1sccc1NC(=O)c1ccc(O[C@@H]2CCOC2)nc1. The molecule has 24 heavy (non-hydrogen) atoms. The number of pyridine rings is 1. The number of carbonyl (C=O) groups excluding carboxylic acids is 2. The van der Waals surface area contributed by atoms with Gasteiger partial charge in [-0.1, -0.05) is 0 Å². The van der Waals surface area contributed by atoms with E-state index in [1.54, 1.807) is 23.6 Å². The van der Waals surface area contributed by atoms with Crippen molar-refractivity contribution in [3.63, 3.8) is 0 Å². The van der Waals surface area contributed by atoms with Gasteiger partial charge in [0.15, 0.2) is 0 Å². The van der Waals surface area contributed by atoms with Crippen molar-refractivity contribution in [2.24, 2.45) is 0 Å². The molecule has 0 aromatic carbocycles. The molecule has 0 spiro atoms. The summed E-state index contributed by atoms with van der Waals surface area (Å²) in [6.07, 6.45) is 2.27. The van der Waals surface area contributed by atoms with Gasteiger partial charge in [-0.25, -0.2) is 9.78 Å². The highest BCUT2D eigenvalue weighted by molar-refractivity contribution is 7.12. The first-order valence-electron chi connectivity index (χ1n) is 7.35. The van der Waals surface area contributed by atoms with E-state index in [2.05, 4.69) is 15.0 Å². The summed E-state index contributed by atoms with van der Waals surface area (Å²) in [6, 6.07) is 4.92. The molecule has 0 saturated carbocycles. The Morgan fingerprint density at radius 2 is 2.25 bits per heavy atom. The van der Waals surface area contributed by atoms with E-state index in [4.69, 9.17) is 9.47 Å². The Morgan fingerprint density at radius 3 is 2.92 bits per heavy atom. The zero-order chi connectivity index (χ0) is 16.9. The van der Waals surface area contributed by atoms with Gasteiger partial charge < -0.3 is 19.5 Å². The standard InChI is InChI=1S/C16H16N2O5S/c1-21-16(20)14-12(5-7-24-14)18-15(19)10-2-3-13(17-8-10)23-11-4-6-22-9-11/h2-3,5,7-8,11H,4,6,9H2,1H3,(H,18,19)/t11-/m1/s1. The fourth-order valence-electron chi connectivity index (χ4n) is 2.21. The number of hydrogen-bond acceptors (Lipinski definition) is 7. The van der Waals surface area contributed by atoms with Crippen LogP contribution in [0.1, 0.15) is 26.5 Å². The first-order chi connectivity index (χ1) is 11.7. The number of ether oxygens (including phenoxy) is 3. The predicted octanol–water partition coefficient (Wildman–Crippen LogP) is 2.35. The first kappa shape index (κ1) is 16.4. The van der Waals surface area contributed by atoms with Crippen LogP contribution in [-0.4, -0.2) is 43.3 Å². The van der Waals surface area contributed by atoms with Gasteiger partial charge in [0.05, 0.1) is 31.6 Å². The summed E-state index contributed by atoms with van der Waals surface area (Å²) in [5.41, 5.74) is 0.785. The third kappa shape index (κ3) is 3.72.